The van der Waals surface area contributed by atoms with Gasteiger partial charge < -0.3 is 24.5 Å². The smallest absolute Gasteiger partial charge is 0.387 e. The van der Waals surface area contributed by atoms with E-state index in [0.29, 0.717) is 12.0 Å². The van der Waals surface area contributed by atoms with E-state index in [1.54, 1.807) is 12.1 Å². The summed E-state index contributed by atoms with van der Waals surface area (Å²) in [5.41, 5.74) is 1.55. The van der Waals surface area contributed by atoms with Gasteiger partial charge in [-0.15, -0.1) is 0 Å². The summed E-state index contributed by atoms with van der Waals surface area (Å²) in [6.07, 6.45) is 2.02. The molecule has 3 rings (SSSR count). The van der Waals surface area contributed by atoms with Crippen LogP contribution in [0.1, 0.15) is 21.7 Å². The van der Waals surface area contributed by atoms with E-state index < -0.39 is 18.6 Å². The molecule has 0 aliphatic carbocycles. The Morgan fingerprint density at radius 2 is 1.79 bits per heavy atom. The zero-order chi connectivity index (χ0) is 23.6. The van der Waals surface area contributed by atoms with Gasteiger partial charge >= 0.3 is 6.61 Å². The number of carbonyl (C=O) groups is 2. The van der Waals surface area contributed by atoms with Crippen molar-refractivity contribution in [2.45, 2.75) is 25.5 Å². The van der Waals surface area contributed by atoms with Crippen LogP contribution in [0.5, 0.6) is 11.5 Å². The molecular weight excluding hydrogens is 434 g/mol. The fraction of sp³-hybridized carbons (Fsp3) is 0.250. The Balaban J connectivity index is 1.63. The van der Waals surface area contributed by atoms with Gasteiger partial charge in [0, 0.05) is 13.0 Å². The van der Waals surface area contributed by atoms with E-state index >= 15 is 0 Å². The molecule has 0 saturated heterocycles. The molecule has 0 aliphatic heterocycles. The number of carbonyl (C=O) groups excluding carboxylic acids is 2. The number of hydrogen-bond acceptors (Lipinski definition) is 5. The lowest BCUT2D eigenvalue weighted by Gasteiger charge is -2.18. The van der Waals surface area contributed by atoms with Crippen LogP contribution in [0.4, 0.5) is 8.78 Å². The summed E-state index contributed by atoms with van der Waals surface area (Å²) in [5.74, 6) is -0.669. The molecule has 3 aromatic rings. The first-order chi connectivity index (χ1) is 16.0. The molecule has 0 spiro atoms. The number of alkyl halides is 2. The number of ether oxygens (including phenoxy) is 2. The van der Waals surface area contributed by atoms with E-state index in [-0.39, 0.29) is 36.1 Å². The van der Waals surface area contributed by atoms with E-state index in [1.807, 2.05) is 30.3 Å². The highest BCUT2D eigenvalue weighted by atomic mass is 19.3. The Morgan fingerprint density at radius 1 is 1.00 bits per heavy atom. The number of benzene rings is 2. The Labute approximate surface area is 189 Å². The van der Waals surface area contributed by atoms with Gasteiger partial charge in [0.2, 0.25) is 5.91 Å². The quantitative estimate of drug-likeness (QED) is 0.458. The summed E-state index contributed by atoms with van der Waals surface area (Å²) in [4.78, 5) is 25.3. The van der Waals surface area contributed by atoms with Crippen molar-refractivity contribution in [2.75, 3.05) is 13.7 Å². The van der Waals surface area contributed by atoms with E-state index in [2.05, 4.69) is 15.4 Å². The monoisotopic (exact) mass is 458 g/mol. The van der Waals surface area contributed by atoms with Crippen LogP contribution in [0.2, 0.25) is 0 Å². The number of amides is 2. The minimum absolute atomic E-state index is 0.0796. The molecular formula is C24H24F2N2O5. The molecule has 2 amide bonds. The summed E-state index contributed by atoms with van der Waals surface area (Å²) in [6.45, 7) is -2.76. The van der Waals surface area contributed by atoms with E-state index in [4.69, 9.17) is 9.15 Å². The molecule has 0 bridgehead atoms. The largest absolute Gasteiger partial charge is 0.493 e. The van der Waals surface area contributed by atoms with Gasteiger partial charge in [0.25, 0.3) is 5.91 Å². The summed E-state index contributed by atoms with van der Waals surface area (Å²) in [7, 11) is 1.36. The van der Waals surface area contributed by atoms with Crippen molar-refractivity contribution in [3.05, 3.63) is 83.8 Å². The number of halogens is 2. The molecule has 1 unspecified atom stereocenters. The third kappa shape index (κ3) is 7.06. The summed E-state index contributed by atoms with van der Waals surface area (Å²) >= 11 is 0. The fourth-order valence-electron chi connectivity index (χ4n) is 3.21. The Bertz CT molecular complexity index is 1040. The normalized spacial score (nSPS) is 11.6. The van der Waals surface area contributed by atoms with Crippen LogP contribution in [-0.4, -0.2) is 38.1 Å². The van der Waals surface area contributed by atoms with Crippen LogP contribution in [0.25, 0.3) is 0 Å². The van der Waals surface area contributed by atoms with Gasteiger partial charge in [-0.2, -0.15) is 8.78 Å². The predicted octanol–water partition coefficient (Wildman–Crippen LogP) is 3.59. The van der Waals surface area contributed by atoms with E-state index in [1.165, 1.54) is 31.6 Å². The van der Waals surface area contributed by atoms with Gasteiger partial charge in [-0.25, -0.2) is 0 Å². The molecule has 174 valence electrons. The maximum absolute atomic E-state index is 12.9. The van der Waals surface area contributed by atoms with Gasteiger partial charge in [0.1, 0.15) is 6.04 Å². The minimum Gasteiger partial charge on any atom is -0.493 e. The van der Waals surface area contributed by atoms with Crippen molar-refractivity contribution >= 4 is 11.8 Å². The molecule has 0 radical (unpaired) electrons. The number of nitrogens with one attached hydrogen (secondary N) is 2. The second-order valence-electron chi connectivity index (χ2n) is 7.10. The molecule has 1 heterocycles. The second-order valence-corrected chi connectivity index (χ2v) is 7.10. The summed E-state index contributed by atoms with van der Waals surface area (Å²) in [6, 6.07) is 16.2. The minimum atomic E-state index is -2.98. The van der Waals surface area contributed by atoms with Gasteiger partial charge in [-0.1, -0.05) is 36.4 Å². The molecule has 2 N–H and O–H groups in total. The second kappa shape index (κ2) is 11.7. The van der Waals surface area contributed by atoms with E-state index in [0.717, 1.165) is 5.56 Å². The maximum atomic E-state index is 12.9. The van der Waals surface area contributed by atoms with Crippen LogP contribution in [0.3, 0.4) is 0 Å². The molecule has 9 heteroatoms. The van der Waals surface area contributed by atoms with Crippen LogP contribution >= 0.6 is 0 Å². The van der Waals surface area contributed by atoms with Gasteiger partial charge in [0.05, 0.1) is 13.4 Å². The van der Waals surface area contributed by atoms with Crippen LogP contribution in [-0.2, 0) is 17.6 Å². The Kier molecular flexibility index (Phi) is 8.40. The van der Waals surface area contributed by atoms with Gasteiger partial charge in [-0.05, 0) is 41.8 Å². The molecule has 0 saturated carbocycles. The highest BCUT2D eigenvalue weighted by Gasteiger charge is 2.23. The zero-order valence-electron chi connectivity index (χ0n) is 17.9. The van der Waals surface area contributed by atoms with Crippen molar-refractivity contribution in [3.8, 4) is 11.5 Å². The highest BCUT2D eigenvalue weighted by Crippen LogP contribution is 2.29. The van der Waals surface area contributed by atoms with Crippen molar-refractivity contribution in [3.63, 3.8) is 0 Å². The first-order valence-corrected chi connectivity index (χ1v) is 10.2. The Hall–Kier alpha value is -3.88. The lowest BCUT2D eigenvalue weighted by atomic mass is 10.0. The van der Waals surface area contributed by atoms with Crippen LogP contribution in [0, 0.1) is 0 Å². The number of furan rings is 1. The van der Waals surface area contributed by atoms with Crippen molar-refractivity contribution in [2.24, 2.45) is 0 Å². The molecule has 33 heavy (non-hydrogen) atoms. The predicted molar refractivity (Wildman–Crippen MR) is 116 cm³/mol. The van der Waals surface area contributed by atoms with E-state index in [9.17, 15) is 18.4 Å². The standard InChI is InChI=1S/C24H24F2N2O5/c1-31-19-10-9-17(15-21(19)33-24(25)26)11-12-27-22(29)18(14-16-6-3-2-4-7-16)28-23(30)20-8-5-13-32-20/h2-10,13,15,18,24H,11-12,14H2,1H3,(H,27,29)(H,28,30). The maximum Gasteiger partial charge on any atom is 0.387 e. The van der Waals surface area contributed by atoms with Gasteiger partial charge in [0.15, 0.2) is 17.3 Å². The zero-order valence-corrected chi connectivity index (χ0v) is 17.9. The van der Waals surface area contributed by atoms with Crippen molar-refractivity contribution < 1.29 is 32.3 Å². The lowest BCUT2D eigenvalue weighted by Crippen LogP contribution is -2.48. The molecule has 2 aromatic carbocycles. The van der Waals surface area contributed by atoms with Crippen LogP contribution < -0.4 is 20.1 Å². The molecule has 1 aromatic heterocycles. The summed E-state index contributed by atoms with van der Waals surface area (Å²) < 4.78 is 39.9. The first kappa shape index (κ1) is 23.8. The first-order valence-electron chi connectivity index (χ1n) is 10.2. The van der Waals surface area contributed by atoms with Crippen molar-refractivity contribution in [1.82, 2.24) is 10.6 Å². The third-order valence-corrected chi connectivity index (χ3v) is 4.81. The number of hydrogen-bond donors (Lipinski definition) is 2. The number of methoxy groups -OCH3 is 1. The number of rotatable bonds is 11. The molecule has 0 fully saturated rings. The molecule has 0 aliphatic rings. The highest BCUT2D eigenvalue weighted by molar-refractivity contribution is 5.95. The average molecular weight is 458 g/mol. The van der Waals surface area contributed by atoms with Crippen LogP contribution in [0.15, 0.2) is 71.3 Å². The lowest BCUT2D eigenvalue weighted by molar-refractivity contribution is -0.122. The van der Waals surface area contributed by atoms with Crippen molar-refractivity contribution in [1.29, 1.82) is 0 Å². The fourth-order valence-corrected chi connectivity index (χ4v) is 3.21. The SMILES string of the molecule is COc1ccc(CCNC(=O)C(Cc2ccccc2)NC(=O)c2ccco2)cc1OC(F)F. The third-order valence-electron chi connectivity index (χ3n) is 4.81. The topological polar surface area (TPSA) is 89.8 Å². The molecule has 7 nitrogen and oxygen atoms in total. The average Bonchev–Trinajstić information content (AvgIpc) is 3.34. The van der Waals surface area contributed by atoms with Gasteiger partial charge in [-0.3, -0.25) is 9.59 Å². The Morgan fingerprint density at radius 3 is 2.45 bits per heavy atom. The summed E-state index contributed by atoms with van der Waals surface area (Å²) in [5, 5.41) is 5.48. The molecule has 1 atom stereocenters.